The van der Waals surface area contributed by atoms with Gasteiger partial charge in [0.25, 0.3) is 0 Å². The van der Waals surface area contributed by atoms with E-state index in [-0.39, 0.29) is 5.91 Å². The van der Waals surface area contributed by atoms with Gasteiger partial charge in [0.05, 0.1) is 14.2 Å². The third-order valence-electron chi connectivity index (χ3n) is 4.65. The summed E-state index contributed by atoms with van der Waals surface area (Å²) < 4.78 is 12.6. The van der Waals surface area contributed by atoms with Crippen LogP contribution in [0.5, 0.6) is 11.5 Å². The maximum atomic E-state index is 12.7. The van der Waals surface area contributed by atoms with Crippen LogP contribution < -0.4 is 14.8 Å². The molecule has 0 spiro atoms. The Labute approximate surface area is 165 Å². The van der Waals surface area contributed by atoms with Crippen LogP contribution in [0.4, 0.5) is 0 Å². The predicted molar refractivity (Wildman–Crippen MR) is 108 cm³/mol. The molecule has 28 heavy (non-hydrogen) atoms. The number of ether oxygens (including phenoxy) is 2. The lowest BCUT2D eigenvalue weighted by atomic mass is 10.0. The zero-order valence-corrected chi connectivity index (χ0v) is 16.4. The number of imidazole rings is 1. The number of nitrogens with zero attached hydrogens (tertiary/aromatic N) is 2. The number of hydrogen-bond donors (Lipinski definition) is 1. The monoisotopic (exact) mass is 379 g/mol. The second-order valence-electron chi connectivity index (χ2n) is 6.49. The van der Waals surface area contributed by atoms with E-state index in [0.29, 0.717) is 18.6 Å². The van der Waals surface area contributed by atoms with E-state index in [2.05, 4.69) is 10.3 Å². The number of aryl methyl sites for hydroxylation is 2. The molecule has 146 valence electrons. The maximum absolute atomic E-state index is 12.7. The van der Waals surface area contributed by atoms with Gasteiger partial charge in [-0.3, -0.25) is 4.79 Å². The number of aromatic nitrogens is 2. The number of rotatable bonds is 8. The number of amides is 1. The van der Waals surface area contributed by atoms with Crippen LogP contribution in [-0.4, -0.2) is 29.7 Å². The second-order valence-corrected chi connectivity index (χ2v) is 6.49. The molecule has 6 nitrogen and oxygen atoms in total. The van der Waals surface area contributed by atoms with Crippen LogP contribution in [-0.2, 0) is 18.3 Å². The van der Waals surface area contributed by atoms with Crippen molar-refractivity contribution in [3.05, 3.63) is 77.9 Å². The molecule has 3 aromatic rings. The minimum atomic E-state index is -0.394. The summed E-state index contributed by atoms with van der Waals surface area (Å²) in [6.07, 6.45) is 4.58. The van der Waals surface area contributed by atoms with Gasteiger partial charge in [-0.05, 0) is 30.2 Å². The average molecular weight is 379 g/mol. The minimum absolute atomic E-state index is 0.0540. The van der Waals surface area contributed by atoms with Gasteiger partial charge < -0.3 is 19.4 Å². The van der Waals surface area contributed by atoms with Crippen LogP contribution in [0, 0.1) is 0 Å². The summed E-state index contributed by atoms with van der Waals surface area (Å²) in [4.78, 5) is 17.2. The molecule has 1 heterocycles. The smallest absolute Gasteiger partial charge is 0.221 e. The molecule has 0 aliphatic rings. The SMILES string of the molecule is COc1cccc(CCC(=O)NC(c2ccccc2OC)c2nccn2C)c1. The van der Waals surface area contributed by atoms with E-state index in [1.54, 1.807) is 20.4 Å². The van der Waals surface area contributed by atoms with Gasteiger partial charge in [-0.25, -0.2) is 4.98 Å². The number of methoxy groups -OCH3 is 2. The lowest BCUT2D eigenvalue weighted by Crippen LogP contribution is -2.31. The molecule has 2 aromatic carbocycles. The van der Waals surface area contributed by atoms with E-state index in [9.17, 15) is 4.79 Å². The summed E-state index contributed by atoms with van der Waals surface area (Å²) in [6, 6.07) is 15.0. The Morgan fingerprint density at radius 2 is 1.96 bits per heavy atom. The van der Waals surface area contributed by atoms with Gasteiger partial charge in [-0.1, -0.05) is 30.3 Å². The summed E-state index contributed by atoms with van der Waals surface area (Å²) >= 11 is 0. The van der Waals surface area contributed by atoms with Crippen molar-refractivity contribution in [2.24, 2.45) is 7.05 Å². The van der Waals surface area contributed by atoms with Gasteiger partial charge in [0.2, 0.25) is 5.91 Å². The van der Waals surface area contributed by atoms with Crippen molar-refractivity contribution >= 4 is 5.91 Å². The van der Waals surface area contributed by atoms with Gasteiger partial charge in [0, 0.05) is 31.4 Å². The summed E-state index contributed by atoms with van der Waals surface area (Å²) in [7, 11) is 5.17. The lowest BCUT2D eigenvalue weighted by molar-refractivity contribution is -0.121. The van der Waals surface area contributed by atoms with Crippen LogP contribution in [0.25, 0.3) is 0 Å². The first-order valence-corrected chi connectivity index (χ1v) is 9.14. The number of para-hydroxylation sites is 1. The Morgan fingerprint density at radius 3 is 2.68 bits per heavy atom. The first kappa shape index (κ1) is 19.5. The van der Waals surface area contributed by atoms with Crippen molar-refractivity contribution in [2.45, 2.75) is 18.9 Å². The first-order chi connectivity index (χ1) is 13.6. The van der Waals surface area contributed by atoms with Crippen molar-refractivity contribution in [1.29, 1.82) is 0 Å². The van der Waals surface area contributed by atoms with Crippen molar-refractivity contribution in [1.82, 2.24) is 14.9 Å². The lowest BCUT2D eigenvalue weighted by Gasteiger charge is -2.21. The molecule has 1 amide bonds. The van der Waals surface area contributed by atoms with Crippen LogP contribution >= 0.6 is 0 Å². The van der Waals surface area contributed by atoms with E-state index < -0.39 is 6.04 Å². The van der Waals surface area contributed by atoms with Crippen molar-refractivity contribution in [3.63, 3.8) is 0 Å². The van der Waals surface area contributed by atoms with Crippen LogP contribution in [0.3, 0.4) is 0 Å². The standard InChI is InChI=1S/C22H25N3O3/c1-25-14-13-23-22(25)21(18-9-4-5-10-19(18)28-3)24-20(26)12-11-16-7-6-8-17(15-16)27-2/h4-10,13-15,21H,11-12H2,1-3H3,(H,24,26). The molecule has 0 aliphatic carbocycles. The summed E-state index contributed by atoms with van der Waals surface area (Å²) in [5, 5.41) is 3.12. The van der Waals surface area contributed by atoms with E-state index in [1.807, 2.05) is 66.3 Å². The third-order valence-corrected chi connectivity index (χ3v) is 4.65. The Morgan fingerprint density at radius 1 is 1.14 bits per heavy atom. The molecular formula is C22H25N3O3. The molecule has 0 saturated carbocycles. The van der Waals surface area contributed by atoms with Crippen molar-refractivity contribution in [3.8, 4) is 11.5 Å². The van der Waals surface area contributed by atoms with Gasteiger partial charge in [0.1, 0.15) is 23.4 Å². The molecule has 1 atom stereocenters. The zero-order valence-electron chi connectivity index (χ0n) is 16.4. The highest BCUT2D eigenvalue weighted by Gasteiger charge is 2.23. The van der Waals surface area contributed by atoms with Crippen molar-refractivity contribution in [2.75, 3.05) is 14.2 Å². The van der Waals surface area contributed by atoms with E-state index in [1.165, 1.54) is 0 Å². The highest BCUT2D eigenvalue weighted by molar-refractivity contribution is 5.77. The normalized spacial score (nSPS) is 11.7. The molecule has 0 radical (unpaired) electrons. The number of carbonyl (C=O) groups is 1. The second kappa shape index (κ2) is 9.08. The fourth-order valence-electron chi connectivity index (χ4n) is 3.16. The highest BCUT2D eigenvalue weighted by atomic mass is 16.5. The fourth-order valence-corrected chi connectivity index (χ4v) is 3.16. The van der Waals surface area contributed by atoms with Crippen LogP contribution in [0.2, 0.25) is 0 Å². The maximum Gasteiger partial charge on any atom is 0.221 e. The Hall–Kier alpha value is -3.28. The molecule has 0 fully saturated rings. The van der Waals surface area contributed by atoms with E-state index >= 15 is 0 Å². The van der Waals surface area contributed by atoms with E-state index in [4.69, 9.17) is 9.47 Å². The molecule has 1 unspecified atom stereocenters. The van der Waals surface area contributed by atoms with Gasteiger partial charge in [0.15, 0.2) is 0 Å². The number of carbonyl (C=O) groups excluding carboxylic acids is 1. The van der Waals surface area contributed by atoms with E-state index in [0.717, 1.165) is 22.7 Å². The Kier molecular flexibility index (Phi) is 6.32. The molecule has 1 aromatic heterocycles. The average Bonchev–Trinajstić information content (AvgIpc) is 3.16. The zero-order chi connectivity index (χ0) is 19.9. The number of benzene rings is 2. The summed E-state index contributed by atoms with van der Waals surface area (Å²) in [6.45, 7) is 0. The largest absolute Gasteiger partial charge is 0.497 e. The number of hydrogen-bond acceptors (Lipinski definition) is 4. The topological polar surface area (TPSA) is 65.4 Å². The predicted octanol–water partition coefficient (Wildman–Crippen LogP) is 3.28. The molecule has 1 N–H and O–H groups in total. The molecule has 0 saturated heterocycles. The molecular weight excluding hydrogens is 354 g/mol. The quantitative estimate of drug-likeness (QED) is 0.652. The van der Waals surface area contributed by atoms with Gasteiger partial charge in [-0.15, -0.1) is 0 Å². The molecule has 0 aliphatic heterocycles. The van der Waals surface area contributed by atoms with Crippen molar-refractivity contribution < 1.29 is 14.3 Å². The summed E-state index contributed by atoms with van der Waals surface area (Å²) in [5.41, 5.74) is 1.93. The Balaban J connectivity index is 1.78. The molecule has 3 rings (SSSR count). The highest BCUT2D eigenvalue weighted by Crippen LogP contribution is 2.29. The first-order valence-electron chi connectivity index (χ1n) is 9.14. The van der Waals surface area contributed by atoms with Crippen LogP contribution in [0.15, 0.2) is 60.9 Å². The third kappa shape index (κ3) is 4.52. The van der Waals surface area contributed by atoms with Gasteiger partial charge in [-0.2, -0.15) is 0 Å². The number of nitrogens with one attached hydrogen (secondary N) is 1. The fraction of sp³-hybridized carbons (Fsp3) is 0.273. The Bertz CT molecular complexity index is 936. The van der Waals surface area contributed by atoms with Gasteiger partial charge >= 0.3 is 0 Å². The summed E-state index contributed by atoms with van der Waals surface area (Å²) in [5.74, 6) is 2.20. The van der Waals surface area contributed by atoms with Crippen LogP contribution in [0.1, 0.15) is 29.4 Å². The molecule has 6 heteroatoms. The molecule has 0 bridgehead atoms. The minimum Gasteiger partial charge on any atom is -0.497 e.